The lowest BCUT2D eigenvalue weighted by molar-refractivity contribution is -0.0529. The van der Waals surface area contributed by atoms with E-state index in [-0.39, 0.29) is 12.2 Å². The predicted octanol–water partition coefficient (Wildman–Crippen LogP) is 3.32. The predicted molar refractivity (Wildman–Crippen MR) is 99.2 cm³/mol. The Labute approximate surface area is 150 Å². The number of hydrogen-bond acceptors (Lipinski definition) is 3. The molecular formula is C20H25NO3S. The molecule has 0 spiro atoms. The Balaban J connectivity index is 1.81. The Bertz CT molecular complexity index is 833. The zero-order valence-corrected chi connectivity index (χ0v) is 15.8. The lowest BCUT2D eigenvalue weighted by Crippen LogP contribution is -2.49. The van der Waals surface area contributed by atoms with Gasteiger partial charge >= 0.3 is 0 Å². The van der Waals surface area contributed by atoms with Gasteiger partial charge in [0.15, 0.2) is 0 Å². The van der Waals surface area contributed by atoms with Crippen molar-refractivity contribution < 1.29 is 13.2 Å². The smallest absolute Gasteiger partial charge is 0.243 e. The van der Waals surface area contributed by atoms with Gasteiger partial charge in [0, 0.05) is 13.1 Å². The molecule has 2 atom stereocenters. The van der Waals surface area contributed by atoms with Crippen molar-refractivity contribution >= 4 is 10.0 Å². The Morgan fingerprint density at radius 3 is 2.44 bits per heavy atom. The molecule has 25 heavy (non-hydrogen) atoms. The molecule has 1 fully saturated rings. The first kappa shape index (κ1) is 18.1. The molecule has 4 nitrogen and oxygen atoms in total. The average molecular weight is 359 g/mol. The SMILES string of the molecule is Cc1ccc(S(=O)(=O)N2CC(C)OC(Cc3ccccc3)C2)cc1C. The molecule has 0 radical (unpaired) electrons. The lowest BCUT2D eigenvalue weighted by Gasteiger charge is -2.36. The molecule has 0 saturated carbocycles. The molecule has 1 aliphatic heterocycles. The van der Waals surface area contributed by atoms with Gasteiger partial charge in [-0.05, 0) is 56.0 Å². The fraction of sp³-hybridized carbons (Fsp3) is 0.400. The highest BCUT2D eigenvalue weighted by Gasteiger charge is 2.34. The maximum Gasteiger partial charge on any atom is 0.243 e. The van der Waals surface area contributed by atoms with Gasteiger partial charge in [-0.15, -0.1) is 0 Å². The van der Waals surface area contributed by atoms with Crippen molar-refractivity contribution in [1.82, 2.24) is 4.31 Å². The monoisotopic (exact) mass is 359 g/mol. The maximum absolute atomic E-state index is 13.1. The highest BCUT2D eigenvalue weighted by molar-refractivity contribution is 7.89. The van der Waals surface area contributed by atoms with Crippen LogP contribution >= 0.6 is 0 Å². The molecular weight excluding hydrogens is 334 g/mol. The number of sulfonamides is 1. The van der Waals surface area contributed by atoms with Crippen LogP contribution in [0.25, 0.3) is 0 Å². The van der Waals surface area contributed by atoms with Crippen LogP contribution < -0.4 is 0 Å². The molecule has 1 aliphatic rings. The van der Waals surface area contributed by atoms with E-state index in [4.69, 9.17) is 4.74 Å². The molecule has 134 valence electrons. The minimum Gasteiger partial charge on any atom is -0.372 e. The van der Waals surface area contributed by atoms with E-state index in [1.54, 1.807) is 16.4 Å². The molecule has 0 amide bonds. The number of benzene rings is 2. The van der Waals surface area contributed by atoms with E-state index in [9.17, 15) is 8.42 Å². The van der Waals surface area contributed by atoms with E-state index in [2.05, 4.69) is 0 Å². The first-order chi connectivity index (χ1) is 11.9. The highest BCUT2D eigenvalue weighted by Crippen LogP contribution is 2.24. The summed E-state index contributed by atoms with van der Waals surface area (Å²) in [4.78, 5) is 0.364. The number of aryl methyl sites for hydroxylation is 2. The van der Waals surface area contributed by atoms with Crippen molar-refractivity contribution in [2.75, 3.05) is 13.1 Å². The highest BCUT2D eigenvalue weighted by atomic mass is 32.2. The molecule has 0 aromatic heterocycles. The zero-order valence-electron chi connectivity index (χ0n) is 15.0. The molecule has 1 heterocycles. The van der Waals surface area contributed by atoms with Crippen LogP contribution in [0.5, 0.6) is 0 Å². The molecule has 3 rings (SSSR count). The van der Waals surface area contributed by atoms with Gasteiger partial charge in [-0.25, -0.2) is 8.42 Å². The van der Waals surface area contributed by atoms with Crippen LogP contribution in [0.3, 0.4) is 0 Å². The van der Waals surface area contributed by atoms with Gasteiger partial charge in [0.1, 0.15) is 0 Å². The Hall–Kier alpha value is -1.69. The third-order valence-electron chi connectivity index (χ3n) is 4.72. The second-order valence-electron chi connectivity index (χ2n) is 6.83. The van der Waals surface area contributed by atoms with Crippen LogP contribution in [0.4, 0.5) is 0 Å². The fourth-order valence-corrected chi connectivity index (χ4v) is 4.84. The summed E-state index contributed by atoms with van der Waals surface area (Å²) in [5.41, 5.74) is 3.24. The number of rotatable bonds is 4. The minimum atomic E-state index is -3.51. The van der Waals surface area contributed by atoms with Crippen molar-refractivity contribution in [2.24, 2.45) is 0 Å². The third kappa shape index (κ3) is 4.11. The Morgan fingerprint density at radius 1 is 1.04 bits per heavy atom. The molecule has 5 heteroatoms. The van der Waals surface area contributed by atoms with Crippen LogP contribution in [-0.4, -0.2) is 38.0 Å². The summed E-state index contributed by atoms with van der Waals surface area (Å²) in [6.07, 6.45) is 0.459. The largest absolute Gasteiger partial charge is 0.372 e. The number of nitrogens with zero attached hydrogens (tertiary/aromatic N) is 1. The van der Waals surface area contributed by atoms with E-state index in [1.165, 1.54) is 0 Å². The van der Waals surface area contributed by atoms with Gasteiger partial charge in [0.2, 0.25) is 10.0 Å². The molecule has 0 N–H and O–H groups in total. The topological polar surface area (TPSA) is 46.6 Å². The fourth-order valence-electron chi connectivity index (χ4n) is 3.21. The molecule has 0 bridgehead atoms. The van der Waals surface area contributed by atoms with E-state index in [0.29, 0.717) is 24.4 Å². The summed E-state index contributed by atoms with van der Waals surface area (Å²) in [6.45, 7) is 6.63. The Morgan fingerprint density at radius 2 is 1.76 bits per heavy atom. The number of ether oxygens (including phenoxy) is 1. The van der Waals surface area contributed by atoms with E-state index < -0.39 is 10.0 Å². The second kappa shape index (κ2) is 7.28. The summed E-state index contributed by atoms with van der Waals surface area (Å²) in [6, 6.07) is 15.4. The maximum atomic E-state index is 13.1. The van der Waals surface area contributed by atoms with Gasteiger partial charge < -0.3 is 4.74 Å². The molecule has 2 unspecified atom stereocenters. The molecule has 2 aromatic rings. The lowest BCUT2D eigenvalue weighted by atomic mass is 10.1. The van der Waals surface area contributed by atoms with Crippen LogP contribution in [-0.2, 0) is 21.2 Å². The minimum absolute atomic E-state index is 0.121. The standard InChI is InChI=1S/C20H25NO3S/c1-15-9-10-20(11-16(15)2)25(22,23)21-13-17(3)24-19(14-21)12-18-7-5-4-6-8-18/h4-11,17,19H,12-14H2,1-3H3. The number of morpholine rings is 1. The van der Waals surface area contributed by atoms with Crippen molar-refractivity contribution in [1.29, 1.82) is 0 Å². The van der Waals surface area contributed by atoms with Gasteiger partial charge in [-0.2, -0.15) is 4.31 Å². The van der Waals surface area contributed by atoms with Crippen LogP contribution in [0.15, 0.2) is 53.4 Å². The Kier molecular flexibility index (Phi) is 5.27. The van der Waals surface area contributed by atoms with E-state index >= 15 is 0 Å². The summed E-state index contributed by atoms with van der Waals surface area (Å²) in [7, 11) is -3.51. The number of hydrogen-bond donors (Lipinski definition) is 0. The second-order valence-corrected chi connectivity index (χ2v) is 8.76. The van der Waals surface area contributed by atoms with Crippen LogP contribution in [0.2, 0.25) is 0 Å². The van der Waals surface area contributed by atoms with E-state index in [1.807, 2.05) is 57.2 Å². The van der Waals surface area contributed by atoms with Crippen molar-refractivity contribution in [3.63, 3.8) is 0 Å². The van der Waals surface area contributed by atoms with Gasteiger partial charge in [-0.3, -0.25) is 0 Å². The van der Waals surface area contributed by atoms with Gasteiger partial charge in [-0.1, -0.05) is 36.4 Å². The van der Waals surface area contributed by atoms with Crippen molar-refractivity contribution in [3.05, 3.63) is 65.2 Å². The van der Waals surface area contributed by atoms with Crippen LogP contribution in [0, 0.1) is 13.8 Å². The summed E-state index contributed by atoms with van der Waals surface area (Å²) < 4.78 is 33.7. The van der Waals surface area contributed by atoms with Crippen molar-refractivity contribution in [2.45, 2.75) is 44.3 Å². The zero-order chi connectivity index (χ0) is 18.0. The van der Waals surface area contributed by atoms with Crippen LogP contribution in [0.1, 0.15) is 23.6 Å². The molecule has 2 aromatic carbocycles. The molecule has 0 aliphatic carbocycles. The normalized spacial score (nSPS) is 22.0. The average Bonchev–Trinajstić information content (AvgIpc) is 2.57. The van der Waals surface area contributed by atoms with Gasteiger partial charge in [0.25, 0.3) is 0 Å². The summed E-state index contributed by atoms with van der Waals surface area (Å²) in [5.74, 6) is 0. The first-order valence-electron chi connectivity index (χ1n) is 8.63. The van der Waals surface area contributed by atoms with Crippen molar-refractivity contribution in [3.8, 4) is 0 Å². The van der Waals surface area contributed by atoms with Gasteiger partial charge in [0.05, 0.1) is 17.1 Å². The summed E-state index contributed by atoms with van der Waals surface area (Å²) >= 11 is 0. The molecule has 1 saturated heterocycles. The third-order valence-corrected chi connectivity index (χ3v) is 6.54. The first-order valence-corrected chi connectivity index (χ1v) is 10.1. The quantitative estimate of drug-likeness (QED) is 0.841. The summed E-state index contributed by atoms with van der Waals surface area (Å²) in [5, 5.41) is 0. The van der Waals surface area contributed by atoms with E-state index in [0.717, 1.165) is 16.7 Å².